The number of aryl methyl sites for hydroxylation is 1. The van der Waals surface area contributed by atoms with E-state index >= 15 is 0 Å². The zero-order chi connectivity index (χ0) is 21.1. The number of fused-ring (bicyclic) bond motifs is 1. The van der Waals surface area contributed by atoms with Crippen LogP contribution >= 0.6 is 11.6 Å². The van der Waals surface area contributed by atoms with Crippen LogP contribution in [0.1, 0.15) is 32.7 Å². The first-order valence-electron chi connectivity index (χ1n) is 8.73. The number of imide groups is 1. The monoisotopic (exact) mass is 416 g/mol. The van der Waals surface area contributed by atoms with Crippen LogP contribution in [0.2, 0.25) is 5.02 Å². The van der Waals surface area contributed by atoms with Crippen LogP contribution in [0, 0.1) is 17.0 Å². The molecule has 3 rings (SSSR count). The Morgan fingerprint density at radius 1 is 1.14 bits per heavy atom. The minimum atomic E-state index is -0.619. The number of carbonyl (C=O) groups excluding carboxylic acids is 3. The van der Waals surface area contributed by atoms with Crippen molar-refractivity contribution in [2.75, 3.05) is 18.4 Å². The van der Waals surface area contributed by atoms with Gasteiger partial charge < -0.3 is 10.6 Å². The molecule has 2 aromatic carbocycles. The van der Waals surface area contributed by atoms with Crippen molar-refractivity contribution in [1.29, 1.82) is 0 Å². The molecule has 1 aliphatic rings. The van der Waals surface area contributed by atoms with Gasteiger partial charge in [0.15, 0.2) is 0 Å². The van der Waals surface area contributed by atoms with Crippen LogP contribution in [0.25, 0.3) is 0 Å². The molecule has 2 aromatic rings. The smallest absolute Gasteiger partial charge is 0.319 e. The number of nitrogens with zero attached hydrogens (tertiary/aromatic N) is 2. The molecule has 0 saturated heterocycles. The third kappa shape index (κ3) is 4.35. The lowest BCUT2D eigenvalue weighted by atomic mass is 10.1. The SMILES string of the molecule is Cc1cc(Cl)ccc1NC(=O)NCCCN1C(=O)c2ccc([N+](=O)[O-])cc2C1=O. The van der Waals surface area contributed by atoms with Crippen molar-refractivity contribution in [3.63, 3.8) is 0 Å². The van der Waals surface area contributed by atoms with Crippen molar-refractivity contribution in [3.05, 3.63) is 68.2 Å². The Morgan fingerprint density at radius 2 is 1.86 bits per heavy atom. The molecule has 4 amide bonds. The molecule has 150 valence electrons. The van der Waals surface area contributed by atoms with Gasteiger partial charge in [-0.2, -0.15) is 0 Å². The number of halogens is 1. The average Bonchev–Trinajstić information content (AvgIpc) is 2.91. The molecule has 0 aliphatic carbocycles. The van der Waals surface area contributed by atoms with E-state index in [2.05, 4.69) is 10.6 Å². The van der Waals surface area contributed by atoms with Gasteiger partial charge in [-0.15, -0.1) is 0 Å². The predicted molar refractivity (Wildman–Crippen MR) is 106 cm³/mol. The highest BCUT2D eigenvalue weighted by Gasteiger charge is 2.36. The number of carbonyl (C=O) groups is 3. The quantitative estimate of drug-likeness (QED) is 0.323. The number of benzene rings is 2. The highest BCUT2D eigenvalue weighted by Crippen LogP contribution is 2.26. The fourth-order valence-electron chi connectivity index (χ4n) is 2.97. The Kier molecular flexibility index (Phi) is 5.79. The van der Waals surface area contributed by atoms with Crippen molar-refractivity contribution in [2.45, 2.75) is 13.3 Å². The summed E-state index contributed by atoms with van der Waals surface area (Å²) in [5, 5.41) is 16.8. The highest BCUT2D eigenvalue weighted by molar-refractivity contribution is 6.30. The third-order valence-corrected chi connectivity index (χ3v) is 4.68. The maximum Gasteiger partial charge on any atom is 0.319 e. The number of nitrogens with one attached hydrogen (secondary N) is 2. The summed E-state index contributed by atoms with van der Waals surface area (Å²) < 4.78 is 0. The molecule has 0 bridgehead atoms. The summed E-state index contributed by atoms with van der Waals surface area (Å²) in [7, 11) is 0. The van der Waals surface area contributed by atoms with E-state index in [1.807, 2.05) is 6.92 Å². The topological polar surface area (TPSA) is 122 Å². The van der Waals surface area contributed by atoms with E-state index in [1.54, 1.807) is 18.2 Å². The van der Waals surface area contributed by atoms with Gasteiger partial charge in [-0.1, -0.05) is 11.6 Å². The minimum absolute atomic E-state index is 0.0214. The second-order valence-electron chi connectivity index (χ2n) is 6.44. The molecule has 0 unspecified atom stereocenters. The normalized spacial score (nSPS) is 12.7. The second-order valence-corrected chi connectivity index (χ2v) is 6.88. The van der Waals surface area contributed by atoms with Crippen LogP contribution in [0.4, 0.5) is 16.2 Å². The van der Waals surface area contributed by atoms with E-state index in [0.29, 0.717) is 17.1 Å². The van der Waals surface area contributed by atoms with Crippen LogP contribution in [-0.2, 0) is 0 Å². The molecule has 2 N–H and O–H groups in total. The highest BCUT2D eigenvalue weighted by atomic mass is 35.5. The second kappa shape index (κ2) is 8.27. The molecule has 10 heteroatoms. The zero-order valence-corrected chi connectivity index (χ0v) is 16.2. The van der Waals surface area contributed by atoms with Gasteiger partial charge in [0, 0.05) is 35.9 Å². The lowest BCUT2D eigenvalue weighted by Crippen LogP contribution is -2.35. The van der Waals surface area contributed by atoms with Crippen molar-refractivity contribution in [2.24, 2.45) is 0 Å². The van der Waals surface area contributed by atoms with Crippen LogP contribution in [0.5, 0.6) is 0 Å². The first-order chi connectivity index (χ1) is 13.8. The molecule has 0 aromatic heterocycles. The molecular formula is C19H17ClN4O5. The Labute approximate surface area is 170 Å². The summed E-state index contributed by atoms with van der Waals surface area (Å²) in [6, 6.07) is 8.24. The number of rotatable bonds is 6. The molecule has 0 spiro atoms. The lowest BCUT2D eigenvalue weighted by Gasteiger charge is -2.14. The molecule has 0 radical (unpaired) electrons. The zero-order valence-electron chi connectivity index (χ0n) is 15.4. The van der Waals surface area contributed by atoms with Gasteiger partial charge in [-0.25, -0.2) is 4.79 Å². The standard InChI is InChI=1S/C19H17ClN4O5/c1-11-9-12(20)3-6-16(11)22-19(27)21-7-2-8-23-17(25)14-5-4-13(24(28)29)10-15(14)18(23)26/h3-6,9-10H,2,7-8H2,1H3,(H2,21,22,27). The van der Waals surface area contributed by atoms with Gasteiger partial charge in [0.25, 0.3) is 17.5 Å². The van der Waals surface area contributed by atoms with Crippen molar-refractivity contribution in [1.82, 2.24) is 10.2 Å². The van der Waals surface area contributed by atoms with Crippen LogP contribution in [0.15, 0.2) is 36.4 Å². The summed E-state index contributed by atoms with van der Waals surface area (Å²) in [5.74, 6) is -1.07. The number of amides is 4. The van der Waals surface area contributed by atoms with E-state index in [9.17, 15) is 24.5 Å². The molecular weight excluding hydrogens is 400 g/mol. The number of nitro groups is 1. The summed E-state index contributed by atoms with van der Waals surface area (Å²) in [5.41, 5.74) is 1.35. The lowest BCUT2D eigenvalue weighted by molar-refractivity contribution is -0.384. The third-order valence-electron chi connectivity index (χ3n) is 4.45. The largest absolute Gasteiger partial charge is 0.338 e. The van der Waals surface area contributed by atoms with E-state index in [-0.39, 0.29) is 29.9 Å². The van der Waals surface area contributed by atoms with Gasteiger partial charge in [0.2, 0.25) is 0 Å². The van der Waals surface area contributed by atoms with Crippen molar-refractivity contribution >= 4 is 40.8 Å². The van der Waals surface area contributed by atoms with Crippen molar-refractivity contribution in [3.8, 4) is 0 Å². The molecule has 29 heavy (non-hydrogen) atoms. The van der Waals surface area contributed by atoms with Gasteiger partial charge in [0.1, 0.15) is 0 Å². The first-order valence-corrected chi connectivity index (χ1v) is 9.11. The van der Waals surface area contributed by atoms with Crippen LogP contribution in [0.3, 0.4) is 0 Å². The molecule has 1 aliphatic heterocycles. The summed E-state index contributed by atoms with van der Waals surface area (Å²) in [6.45, 7) is 2.13. The maximum atomic E-state index is 12.4. The summed E-state index contributed by atoms with van der Waals surface area (Å²) in [6.07, 6.45) is 0.334. The van der Waals surface area contributed by atoms with Gasteiger partial charge in [-0.3, -0.25) is 24.6 Å². The summed E-state index contributed by atoms with van der Waals surface area (Å²) in [4.78, 5) is 48.0. The Bertz CT molecular complexity index is 1020. The molecule has 0 atom stereocenters. The first kappa shape index (κ1) is 20.3. The average molecular weight is 417 g/mol. The van der Waals surface area contributed by atoms with E-state index in [1.165, 1.54) is 12.1 Å². The predicted octanol–water partition coefficient (Wildman–Crippen LogP) is 3.36. The summed E-state index contributed by atoms with van der Waals surface area (Å²) >= 11 is 5.88. The van der Waals surface area contributed by atoms with E-state index in [4.69, 9.17) is 11.6 Å². The molecule has 0 fully saturated rings. The Hall–Kier alpha value is -3.46. The Balaban J connectivity index is 1.51. The van der Waals surface area contributed by atoms with Gasteiger partial charge in [-0.05, 0) is 43.2 Å². The van der Waals surface area contributed by atoms with Gasteiger partial charge >= 0.3 is 6.03 Å². The number of nitro benzene ring substituents is 1. The fourth-order valence-corrected chi connectivity index (χ4v) is 3.19. The number of non-ortho nitro benzene ring substituents is 1. The Morgan fingerprint density at radius 3 is 2.55 bits per heavy atom. The van der Waals surface area contributed by atoms with Crippen molar-refractivity contribution < 1.29 is 19.3 Å². The van der Waals surface area contributed by atoms with Crippen LogP contribution in [-0.4, -0.2) is 40.8 Å². The van der Waals surface area contributed by atoms with E-state index < -0.39 is 22.8 Å². The molecule has 9 nitrogen and oxygen atoms in total. The number of anilines is 1. The maximum absolute atomic E-state index is 12.4. The van der Waals surface area contributed by atoms with E-state index in [0.717, 1.165) is 16.5 Å². The van der Waals surface area contributed by atoms with Crippen LogP contribution < -0.4 is 10.6 Å². The number of hydrogen-bond acceptors (Lipinski definition) is 5. The minimum Gasteiger partial charge on any atom is -0.338 e. The number of hydrogen-bond donors (Lipinski definition) is 2. The fraction of sp³-hybridized carbons (Fsp3) is 0.211. The van der Waals surface area contributed by atoms with Gasteiger partial charge in [0.05, 0.1) is 16.1 Å². The number of urea groups is 1. The molecule has 1 heterocycles. The molecule has 0 saturated carbocycles.